The predicted octanol–water partition coefficient (Wildman–Crippen LogP) is 2.00. The van der Waals surface area contributed by atoms with Gasteiger partial charge in [-0.3, -0.25) is 4.79 Å². The van der Waals surface area contributed by atoms with Crippen LogP contribution in [0.25, 0.3) is 0 Å². The fraction of sp³-hybridized carbons (Fsp3) is 0.619. The Morgan fingerprint density at radius 3 is 2.77 bits per heavy atom. The van der Waals surface area contributed by atoms with E-state index in [1.54, 1.807) is 6.92 Å². The van der Waals surface area contributed by atoms with Crippen LogP contribution >= 0.6 is 0 Å². The number of carbonyl (C=O) groups excluding carboxylic acids is 3. The molecule has 1 unspecified atom stereocenters. The lowest BCUT2D eigenvalue weighted by Crippen LogP contribution is -2.43. The molecule has 172 valence electrons. The number of pyridine rings is 1. The van der Waals surface area contributed by atoms with Gasteiger partial charge in [0, 0.05) is 18.9 Å². The second kappa shape index (κ2) is 12.7. The molecular weight excluding hydrogens is 408 g/mol. The quantitative estimate of drug-likeness (QED) is 0.455. The number of amides is 1. The summed E-state index contributed by atoms with van der Waals surface area (Å²) in [5, 5.41) is 2.68. The molecule has 1 amide bonds. The van der Waals surface area contributed by atoms with E-state index >= 15 is 0 Å². The number of aromatic nitrogens is 1. The molecule has 10 heteroatoms. The van der Waals surface area contributed by atoms with Crippen molar-refractivity contribution in [2.24, 2.45) is 0 Å². The highest BCUT2D eigenvalue weighted by molar-refractivity contribution is 5.98. The topological polar surface area (TPSA) is 122 Å². The number of rotatable bonds is 9. The molecule has 0 aromatic carbocycles. The highest BCUT2D eigenvalue weighted by atomic mass is 16.7. The van der Waals surface area contributed by atoms with E-state index in [9.17, 15) is 14.4 Å². The minimum Gasteiger partial charge on any atom is -0.493 e. The van der Waals surface area contributed by atoms with Crippen LogP contribution in [0.3, 0.4) is 0 Å². The second-order valence-electron chi connectivity index (χ2n) is 7.02. The first-order valence-corrected chi connectivity index (χ1v) is 10.4. The van der Waals surface area contributed by atoms with E-state index in [4.69, 9.17) is 23.7 Å². The summed E-state index contributed by atoms with van der Waals surface area (Å²) < 4.78 is 26.0. The largest absolute Gasteiger partial charge is 0.493 e. The Kier molecular flexibility index (Phi) is 10.0. The highest BCUT2D eigenvalue weighted by Gasteiger charge is 2.28. The molecule has 2 atom stereocenters. The van der Waals surface area contributed by atoms with Crippen LogP contribution in [0.1, 0.15) is 56.4 Å². The summed E-state index contributed by atoms with van der Waals surface area (Å²) in [6.45, 7) is 3.30. The minimum absolute atomic E-state index is 0.00323. The van der Waals surface area contributed by atoms with E-state index in [1.165, 1.54) is 19.4 Å². The van der Waals surface area contributed by atoms with Crippen molar-refractivity contribution in [2.45, 2.75) is 58.1 Å². The molecule has 0 radical (unpaired) electrons. The molecule has 2 heterocycles. The van der Waals surface area contributed by atoms with Crippen molar-refractivity contribution in [2.75, 3.05) is 27.1 Å². The van der Waals surface area contributed by atoms with Gasteiger partial charge in [0.05, 0.1) is 13.2 Å². The Hall–Kier alpha value is -2.88. The minimum atomic E-state index is -0.794. The average Bonchev–Trinajstić information content (AvgIpc) is 2.83. The van der Waals surface area contributed by atoms with Gasteiger partial charge in [-0.15, -0.1) is 0 Å². The second-order valence-corrected chi connectivity index (χ2v) is 7.02. The molecule has 0 saturated carbocycles. The van der Waals surface area contributed by atoms with Gasteiger partial charge in [-0.05, 0) is 33.1 Å². The molecule has 1 fully saturated rings. The number of hydrogen-bond acceptors (Lipinski definition) is 9. The molecule has 1 aromatic heterocycles. The van der Waals surface area contributed by atoms with Gasteiger partial charge in [0.2, 0.25) is 6.79 Å². The van der Waals surface area contributed by atoms with Gasteiger partial charge >= 0.3 is 11.9 Å². The Balaban J connectivity index is 2.10. The van der Waals surface area contributed by atoms with Crippen molar-refractivity contribution in [1.29, 1.82) is 0 Å². The molecule has 1 aromatic rings. The van der Waals surface area contributed by atoms with Crippen molar-refractivity contribution >= 4 is 17.8 Å². The molecule has 1 saturated heterocycles. The smallest absolute Gasteiger partial charge is 0.334 e. The first-order chi connectivity index (χ1) is 15.0. The van der Waals surface area contributed by atoms with Crippen LogP contribution in [0.4, 0.5) is 0 Å². The van der Waals surface area contributed by atoms with Crippen LogP contribution in [-0.2, 0) is 23.8 Å². The fourth-order valence-corrected chi connectivity index (χ4v) is 3.05. The molecule has 0 spiro atoms. The van der Waals surface area contributed by atoms with Gasteiger partial charge in [0.15, 0.2) is 17.2 Å². The number of esters is 2. The molecule has 2 rings (SSSR count). The normalized spacial score (nSPS) is 19.3. The lowest BCUT2D eigenvalue weighted by atomic mass is 10.1. The van der Waals surface area contributed by atoms with Crippen LogP contribution in [0.5, 0.6) is 11.5 Å². The zero-order valence-corrected chi connectivity index (χ0v) is 18.2. The van der Waals surface area contributed by atoms with E-state index in [0.29, 0.717) is 13.0 Å². The number of nitrogens with zero attached hydrogens (tertiary/aromatic N) is 1. The Morgan fingerprint density at radius 1 is 1.26 bits per heavy atom. The van der Waals surface area contributed by atoms with Crippen LogP contribution in [-0.4, -0.2) is 62.1 Å². The first-order valence-electron chi connectivity index (χ1n) is 10.4. The summed E-state index contributed by atoms with van der Waals surface area (Å²) in [5.41, 5.74) is -0.0964. The molecular formula is C21H30N2O8. The zero-order chi connectivity index (χ0) is 22.6. The maximum atomic E-state index is 12.9. The molecule has 10 nitrogen and oxygen atoms in total. The van der Waals surface area contributed by atoms with Gasteiger partial charge < -0.3 is 29.0 Å². The summed E-state index contributed by atoms with van der Waals surface area (Å²) in [5.74, 6) is -1.48. The van der Waals surface area contributed by atoms with Gasteiger partial charge in [-0.25, -0.2) is 14.6 Å². The maximum absolute atomic E-state index is 12.9. The Morgan fingerprint density at radius 2 is 2.03 bits per heavy atom. The molecule has 0 bridgehead atoms. The molecule has 1 aliphatic rings. The maximum Gasteiger partial charge on any atom is 0.334 e. The van der Waals surface area contributed by atoms with E-state index in [2.05, 4.69) is 10.3 Å². The van der Waals surface area contributed by atoms with Crippen molar-refractivity contribution in [1.82, 2.24) is 10.3 Å². The molecule has 0 aliphatic carbocycles. The lowest BCUT2D eigenvalue weighted by molar-refractivity contribution is -0.155. The fourth-order valence-electron chi connectivity index (χ4n) is 3.05. The van der Waals surface area contributed by atoms with Gasteiger partial charge in [-0.2, -0.15) is 0 Å². The SMILES string of the molecule is CCOCC(=O)OCOc1c(OC)ccnc1C(=O)N[C@H]1CCCCCC(C)OC1=O. The van der Waals surface area contributed by atoms with Gasteiger partial charge in [0.1, 0.15) is 12.6 Å². The molecule has 1 N–H and O–H groups in total. The number of hydrogen-bond donors (Lipinski definition) is 1. The summed E-state index contributed by atoms with van der Waals surface area (Å²) in [4.78, 5) is 41.0. The number of cyclic esters (lactones) is 1. The predicted molar refractivity (Wildman–Crippen MR) is 109 cm³/mol. The van der Waals surface area contributed by atoms with E-state index in [-0.39, 0.29) is 29.9 Å². The Labute approximate surface area is 181 Å². The highest BCUT2D eigenvalue weighted by Crippen LogP contribution is 2.29. The van der Waals surface area contributed by atoms with E-state index < -0.39 is 30.7 Å². The molecule has 1 aliphatic heterocycles. The van der Waals surface area contributed by atoms with Crippen molar-refractivity contribution in [3.8, 4) is 11.5 Å². The van der Waals surface area contributed by atoms with Crippen LogP contribution < -0.4 is 14.8 Å². The number of nitrogens with one attached hydrogen (secondary N) is 1. The third-order valence-electron chi connectivity index (χ3n) is 4.66. The number of ether oxygens (including phenoxy) is 5. The average molecular weight is 438 g/mol. The summed E-state index contributed by atoms with van der Waals surface area (Å²) in [6.07, 6.45) is 5.14. The third-order valence-corrected chi connectivity index (χ3v) is 4.66. The number of methoxy groups -OCH3 is 1. The van der Waals surface area contributed by atoms with E-state index in [1.807, 2.05) is 6.92 Å². The van der Waals surface area contributed by atoms with Crippen molar-refractivity contribution < 1.29 is 38.1 Å². The number of carbonyl (C=O) groups is 3. The van der Waals surface area contributed by atoms with E-state index in [0.717, 1.165) is 25.7 Å². The van der Waals surface area contributed by atoms with Gasteiger partial charge in [0.25, 0.3) is 5.91 Å². The van der Waals surface area contributed by atoms with Crippen LogP contribution in [0.15, 0.2) is 12.3 Å². The lowest BCUT2D eigenvalue weighted by Gasteiger charge is -2.19. The third kappa shape index (κ3) is 7.71. The standard InChI is InChI=1S/C21H30N2O8/c1-4-28-12-17(24)29-13-30-19-16(27-3)10-11-22-18(19)20(25)23-15-9-7-5-6-8-14(2)31-21(15)26/h10-11,14-15H,4-9,12-13H2,1-3H3,(H,23,25)/t14?,15-/m0/s1. The zero-order valence-electron chi connectivity index (χ0n) is 18.2. The monoisotopic (exact) mass is 438 g/mol. The summed E-state index contributed by atoms with van der Waals surface area (Å²) >= 11 is 0. The van der Waals surface area contributed by atoms with Crippen LogP contribution in [0.2, 0.25) is 0 Å². The van der Waals surface area contributed by atoms with Crippen molar-refractivity contribution in [3.05, 3.63) is 18.0 Å². The first kappa shape index (κ1) is 24.4. The summed E-state index contributed by atoms with van der Waals surface area (Å²) in [7, 11) is 1.40. The van der Waals surface area contributed by atoms with Crippen molar-refractivity contribution in [3.63, 3.8) is 0 Å². The van der Waals surface area contributed by atoms with Crippen LogP contribution in [0, 0.1) is 0 Å². The molecule has 31 heavy (non-hydrogen) atoms. The summed E-state index contributed by atoms with van der Waals surface area (Å²) in [6, 6.07) is 0.710. The Bertz CT molecular complexity index is 755. The van der Waals surface area contributed by atoms with Gasteiger partial charge in [-0.1, -0.05) is 12.8 Å².